The van der Waals surface area contributed by atoms with E-state index < -0.39 is 6.09 Å². The molecule has 146 valence electrons. The molecule has 7 nitrogen and oxygen atoms in total. The van der Waals surface area contributed by atoms with Crippen LogP contribution < -0.4 is 10.6 Å². The number of rotatable bonds is 8. The molecule has 2 rings (SSSR count). The number of benzene rings is 1. The van der Waals surface area contributed by atoms with E-state index in [9.17, 15) is 4.79 Å². The van der Waals surface area contributed by atoms with E-state index in [2.05, 4.69) is 25.3 Å². The number of guanidine groups is 1. The molecule has 1 saturated carbocycles. The second-order valence-electron chi connectivity index (χ2n) is 6.15. The second-order valence-corrected chi connectivity index (χ2v) is 6.15. The molecule has 8 heteroatoms. The van der Waals surface area contributed by atoms with Gasteiger partial charge in [0.1, 0.15) is 0 Å². The van der Waals surface area contributed by atoms with Crippen LogP contribution in [-0.4, -0.2) is 57.9 Å². The summed E-state index contributed by atoms with van der Waals surface area (Å²) in [6, 6.07) is 7.58. The highest BCUT2D eigenvalue weighted by molar-refractivity contribution is 14.0. The summed E-state index contributed by atoms with van der Waals surface area (Å²) in [7, 11) is 5.11. The van der Waals surface area contributed by atoms with Crippen molar-refractivity contribution in [1.29, 1.82) is 0 Å². The molecule has 1 aliphatic carbocycles. The molecule has 0 atom stereocenters. The number of ether oxygens (including phenoxy) is 2. The van der Waals surface area contributed by atoms with Gasteiger partial charge in [-0.3, -0.25) is 10.3 Å². The van der Waals surface area contributed by atoms with Crippen LogP contribution in [0.15, 0.2) is 29.3 Å². The first kappa shape index (κ1) is 22.5. The van der Waals surface area contributed by atoms with Crippen molar-refractivity contribution in [2.24, 2.45) is 10.9 Å². The van der Waals surface area contributed by atoms with Gasteiger partial charge < -0.3 is 19.7 Å². The Morgan fingerprint density at radius 2 is 2.00 bits per heavy atom. The van der Waals surface area contributed by atoms with Crippen molar-refractivity contribution in [3.05, 3.63) is 29.8 Å². The molecule has 1 aliphatic rings. The highest BCUT2D eigenvalue weighted by Crippen LogP contribution is 2.28. The fourth-order valence-corrected chi connectivity index (χ4v) is 2.28. The Hall–Kier alpha value is -1.55. The van der Waals surface area contributed by atoms with Gasteiger partial charge in [0.25, 0.3) is 0 Å². The number of nitrogens with zero attached hydrogens (tertiary/aromatic N) is 2. The predicted octanol–water partition coefficient (Wildman–Crippen LogP) is 2.92. The second kappa shape index (κ2) is 11.9. The van der Waals surface area contributed by atoms with E-state index >= 15 is 0 Å². The molecule has 2 N–H and O–H groups in total. The Morgan fingerprint density at radius 3 is 2.58 bits per heavy atom. The SMILES string of the molecule is CN=C(NCc1ccc(NC(=O)OC)cc1)N(C)CCOCC1CC1.I. The maximum absolute atomic E-state index is 11.2. The zero-order chi connectivity index (χ0) is 18.1. The normalized spacial score (nSPS) is 13.6. The lowest BCUT2D eigenvalue weighted by molar-refractivity contribution is 0.115. The molecule has 0 radical (unpaired) electrons. The number of anilines is 1. The standard InChI is InChI=1S/C18H28N4O3.HI/c1-19-17(22(2)10-11-25-13-15-4-5-15)20-12-14-6-8-16(9-7-14)21-18(23)24-3;/h6-9,15H,4-5,10-13H2,1-3H3,(H,19,20)(H,21,23);1H. The van der Waals surface area contributed by atoms with Gasteiger partial charge in [-0.2, -0.15) is 0 Å². The Kier molecular flexibility index (Phi) is 10.3. The summed E-state index contributed by atoms with van der Waals surface area (Å²) >= 11 is 0. The Bertz CT molecular complexity index is 576. The third-order valence-corrected chi connectivity index (χ3v) is 4.03. The van der Waals surface area contributed by atoms with Gasteiger partial charge in [0.2, 0.25) is 0 Å². The van der Waals surface area contributed by atoms with Gasteiger partial charge in [-0.25, -0.2) is 4.79 Å². The number of hydrogen-bond acceptors (Lipinski definition) is 4. The summed E-state index contributed by atoms with van der Waals surface area (Å²) in [5.74, 6) is 1.62. The molecule has 0 unspecified atom stereocenters. The Balaban J connectivity index is 0.00000338. The van der Waals surface area contributed by atoms with Crippen molar-refractivity contribution in [2.45, 2.75) is 19.4 Å². The van der Waals surface area contributed by atoms with E-state index in [0.717, 1.165) is 30.6 Å². The lowest BCUT2D eigenvalue weighted by Crippen LogP contribution is -2.40. The maximum atomic E-state index is 11.2. The number of aliphatic imine (C=N–C) groups is 1. The third kappa shape index (κ3) is 8.22. The van der Waals surface area contributed by atoms with Crippen molar-refractivity contribution in [1.82, 2.24) is 10.2 Å². The highest BCUT2D eigenvalue weighted by Gasteiger charge is 2.21. The van der Waals surface area contributed by atoms with Gasteiger partial charge in [-0.05, 0) is 36.5 Å². The molecule has 1 fully saturated rings. The monoisotopic (exact) mass is 476 g/mol. The first-order chi connectivity index (χ1) is 12.1. The number of carbonyl (C=O) groups is 1. The maximum Gasteiger partial charge on any atom is 0.411 e. The zero-order valence-electron chi connectivity index (χ0n) is 15.7. The summed E-state index contributed by atoms with van der Waals surface area (Å²) in [4.78, 5) is 17.5. The molecule has 0 bridgehead atoms. The van der Waals surface area contributed by atoms with Crippen LogP contribution in [0.3, 0.4) is 0 Å². The van der Waals surface area contributed by atoms with Crippen LogP contribution >= 0.6 is 24.0 Å². The molecule has 0 aliphatic heterocycles. The van der Waals surface area contributed by atoms with Crippen molar-refractivity contribution >= 4 is 41.7 Å². The summed E-state index contributed by atoms with van der Waals surface area (Å²) < 4.78 is 10.2. The summed E-state index contributed by atoms with van der Waals surface area (Å²) in [5, 5.41) is 5.95. The van der Waals surface area contributed by atoms with Gasteiger partial charge in [0.15, 0.2) is 5.96 Å². The smallest absolute Gasteiger partial charge is 0.411 e. The molecule has 1 amide bonds. The average Bonchev–Trinajstić information content (AvgIpc) is 3.45. The van der Waals surface area contributed by atoms with Crippen LogP contribution in [-0.2, 0) is 16.0 Å². The molecular formula is C18H29IN4O3. The van der Waals surface area contributed by atoms with Crippen molar-refractivity contribution in [3.63, 3.8) is 0 Å². The number of amides is 1. The van der Waals surface area contributed by atoms with Gasteiger partial charge in [-0.15, -0.1) is 24.0 Å². The molecule has 0 heterocycles. The Labute approximate surface area is 172 Å². The number of likely N-dealkylation sites (N-methyl/N-ethyl adjacent to an activating group) is 1. The van der Waals surface area contributed by atoms with Crippen LogP contribution in [0.1, 0.15) is 18.4 Å². The van der Waals surface area contributed by atoms with Crippen LogP contribution in [0, 0.1) is 5.92 Å². The Morgan fingerprint density at radius 1 is 1.31 bits per heavy atom. The van der Waals surface area contributed by atoms with Gasteiger partial charge >= 0.3 is 6.09 Å². The molecule has 0 spiro atoms. The number of halogens is 1. The van der Waals surface area contributed by atoms with Crippen molar-refractivity contribution in [2.75, 3.05) is 46.3 Å². The predicted molar refractivity (Wildman–Crippen MR) is 114 cm³/mol. The summed E-state index contributed by atoms with van der Waals surface area (Å²) in [6.45, 7) is 3.04. The van der Waals surface area contributed by atoms with Gasteiger partial charge in [0.05, 0.1) is 13.7 Å². The van der Waals surface area contributed by atoms with E-state index in [1.165, 1.54) is 20.0 Å². The first-order valence-electron chi connectivity index (χ1n) is 8.55. The zero-order valence-corrected chi connectivity index (χ0v) is 18.0. The number of carbonyl (C=O) groups excluding carboxylic acids is 1. The number of hydrogen-bond donors (Lipinski definition) is 2. The van der Waals surface area contributed by atoms with E-state index in [4.69, 9.17) is 4.74 Å². The van der Waals surface area contributed by atoms with E-state index in [0.29, 0.717) is 18.8 Å². The average molecular weight is 476 g/mol. The molecule has 0 aromatic heterocycles. The number of methoxy groups -OCH3 is 1. The van der Waals surface area contributed by atoms with Crippen molar-refractivity contribution in [3.8, 4) is 0 Å². The van der Waals surface area contributed by atoms with Crippen molar-refractivity contribution < 1.29 is 14.3 Å². The minimum absolute atomic E-state index is 0. The lowest BCUT2D eigenvalue weighted by Gasteiger charge is -2.22. The lowest BCUT2D eigenvalue weighted by atomic mass is 10.2. The summed E-state index contributed by atoms with van der Waals surface area (Å²) in [6.07, 6.45) is 2.15. The van der Waals surface area contributed by atoms with Crippen LogP contribution in [0.4, 0.5) is 10.5 Å². The largest absolute Gasteiger partial charge is 0.453 e. The molecule has 1 aromatic rings. The molecule has 1 aromatic carbocycles. The van der Waals surface area contributed by atoms with Crippen LogP contribution in [0.25, 0.3) is 0 Å². The van der Waals surface area contributed by atoms with E-state index in [1.807, 2.05) is 31.3 Å². The van der Waals surface area contributed by atoms with Crippen LogP contribution in [0.5, 0.6) is 0 Å². The molecule has 0 saturated heterocycles. The minimum atomic E-state index is -0.475. The highest BCUT2D eigenvalue weighted by atomic mass is 127. The topological polar surface area (TPSA) is 75.2 Å². The minimum Gasteiger partial charge on any atom is -0.453 e. The molecular weight excluding hydrogens is 447 g/mol. The van der Waals surface area contributed by atoms with E-state index in [1.54, 1.807) is 7.05 Å². The number of nitrogens with one attached hydrogen (secondary N) is 2. The third-order valence-electron chi connectivity index (χ3n) is 4.03. The van der Waals surface area contributed by atoms with Gasteiger partial charge in [0, 0.05) is 39.5 Å². The summed E-state index contributed by atoms with van der Waals surface area (Å²) in [5.41, 5.74) is 1.79. The quantitative estimate of drug-likeness (QED) is 0.261. The molecule has 26 heavy (non-hydrogen) atoms. The fourth-order valence-electron chi connectivity index (χ4n) is 2.28. The van der Waals surface area contributed by atoms with Gasteiger partial charge in [-0.1, -0.05) is 12.1 Å². The fraction of sp³-hybridized carbons (Fsp3) is 0.556. The van der Waals surface area contributed by atoms with E-state index in [-0.39, 0.29) is 24.0 Å². The van der Waals surface area contributed by atoms with Crippen LogP contribution in [0.2, 0.25) is 0 Å². The first-order valence-corrected chi connectivity index (χ1v) is 8.55.